The highest BCUT2D eigenvalue weighted by Gasteiger charge is 2.21. The van der Waals surface area contributed by atoms with Gasteiger partial charge in [0.1, 0.15) is 6.04 Å². The van der Waals surface area contributed by atoms with Crippen LogP contribution in [0.25, 0.3) is 0 Å². The number of ether oxygens (including phenoxy) is 1. The molecule has 0 saturated heterocycles. The number of hydrogen-bond donors (Lipinski definition) is 2. The third kappa shape index (κ3) is 6.33. The van der Waals surface area contributed by atoms with Crippen molar-refractivity contribution in [1.82, 2.24) is 5.32 Å². The number of nitrogens with one attached hydrogen (secondary N) is 2. The summed E-state index contributed by atoms with van der Waals surface area (Å²) >= 11 is 14.1. The molecule has 28 heavy (non-hydrogen) atoms. The largest absolute Gasteiger partial charge is 0.467 e. The van der Waals surface area contributed by atoms with Crippen LogP contribution in [-0.2, 0) is 20.7 Å². The summed E-state index contributed by atoms with van der Waals surface area (Å²) in [5.74, 6) is 0.0242. The maximum absolute atomic E-state index is 12.5. The van der Waals surface area contributed by atoms with Crippen LogP contribution >= 0.6 is 35.0 Å². The maximum atomic E-state index is 12.5. The van der Waals surface area contributed by atoms with Gasteiger partial charge in [0.05, 0.1) is 29.3 Å². The van der Waals surface area contributed by atoms with Crippen molar-refractivity contribution in [2.24, 2.45) is 0 Å². The molecule has 150 valence electrons. The molecular weight excluding hydrogens is 419 g/mol. The quantitative estimate of drug-likeness (QED) is 0.553. The van der Waals surface area contributed by atoms with Crippen LogP contribution in [0.15, 0.2) is 42.5 Å². The zero-order valence-corrected chi connectivity index (χ0v) is 18.0. The van der Waals surface area contributed by atoms with E-state index in [1.807, 2.05) is 30.5 Å². The first-order valence-corrected chi connectivity index (χ1v) is 10.8. The van der Waals surface area contributed by atoms with Crippen LogP contribution in [0.5, 0.6) is 0 Å². The minimum Gasteiger partial charge on any atom is -0.467 e. The van der Waals surface area contributed by atoms with Gasteiger partial charge >= 0.3 is 5.97 Å². The number of hydrogen-bond acceptors (Lipinski definition) is 5. The van der Waals surface area contributed by atoms with Gasteiger partial charge in [-0.2, -0.15) is 11.8 Å². The molecule has 0 aliphatic carbocycles. The molecule has 0 aliphatic rings. The first kappa shape index (κ1) is 22.4. The lowest BCUT2D eigenvalue weighted by atomic mass is 10.1. The van der Waals surface area contributed by atoms with Gasteiger partial charge in [-0.15, -0.1) is 0 Å². The average molecular weight is 441 g/mol. The molecule has 0 radical (unpaired) electrons. The molecule has 0 aromatic heterocycles. The molecule has 0 unspecified atom stereocenters. The van der Waals surface area contributed by atoms with Crippen molar-refractivity contribution in [2.75, 3.05) is 24.4 Å². The van der Waals surface area contributed by atoms with Crippen molar-refractivity contribution in [3.63, 3.8) is 0 Å². The Bertz CT molecular complexity index is 813. The molecule has 5 nitrogen and oxygen atoms in total. The molecule has 0 bridgehead atoms. The fraction of sp³-hybridized carbons (Fsp3) is 0.300. The summed E-state index contributed by atoms with van der Waals surface area (Å²) in [7, 11) is 1.31. The van der Waals surface area contributed by atoms with E-state index in [9.17, 15) is 9.59 Å². The highest BCUT2D eigenvalue weighted by Crippen LogP contribution is 2.33. The first-order chi connectivity index (χ1) is 13.5. The van der Waals surface area contributed by atoms with E-state index < -0.39 is 12.0 Å². The van der Waals surface area contributed by atoms with Crippen molar-refractivity contribution in [3.05, 3.63) is 58.1 Å². The number of thioether (sulfide) groups is 1. The zero-order chi connectivity index (χ0) is 20.5. The molecule has 0 heterocycles. The predicted octanol–water partition coefficient (Wildman–Crippen LogP) is 4.69. The van der Waals surface area contributed by atoms with Gasteiger partial charge in [0.2, 0.25) is 5.91 Å². The fourth-order valence-corrected chi connectivity index (χ4v) is 3.56. The van der Waals surface area contributed by atoms with Crippen molar-refractivity contribution in [2.45, 2.75) is 18.9 Å². The number of benzene rings is 2. The van der Waals surface area contributed by atoms with Gasteiger partial charge in [-0.05, 0) is 42.2 Å². The second kappa shape index (κ2) is 11.2. The average Bonchev–Trinajstić information content (AvgIpc) is 2.68. The van der Waals surface area contributed by atoms with Crippen LogP contribution < -0.4 is 10.6 Å². The number of carbonyl (C=O) groups excluding carboxylic acids is 2. The van der Waals surface area contributed by atoms with E-state index in [1.165, 1.54) is 7.11 Å². The number of methoxy groups -OCH3 is 1. The molecule has 2 aromatic rings. The Balaban J connectivity index is 2.13. The lowest BCUT2D eigenvalue weighted by Gasteiger charge is -2.17. The number of halogens is 2. The van der Waals surface area contributed by atoms with Crippen LogP contribution in [0.4, 0.5) is 11.4 Å². The Morgan fingerprint density at radius 2 is 1.79 bits per heavy atom. The van der Waals surface area contributed by atoms with Crippen LogP contribution in [-0.4, -0.2) is 37.0 Å². The lowest BCUT2D eigenvalue weighted by Crippen LogP contribution is -2.42. The standard InChI is InChI=1S/C20H22Cl2N2O3S/c1-27-20(26)17(10-11-28-2)23-18(25)12-13-6-3-4-9-16(13)24-19-14(21)7-5-8-15(19)22/h3-9,17,24H,10-12H2,1-2H3,(H,23,25)/t17-/m1/s1. The summed E-state index contributed by atoms with van der Waals surface area (Å²) < 4.78 is 4.78. The van der Waals surface area contributed by atoms with Crippen molar-refractivity contribution >= 4 is 58.2 Å². The monoisotopic (exact) mass is 440 g/mol. The number of rotatable bonds is 9. The Labute approximate surface area is 179 Å². The Morgan fingerprint density at radius 3 is 2.43 bits per heavy atom. The highest BCUT2D eigenvalue weighted by molar-refractivity contribution is 7.98. The normalized spacial score (nSPS) is 11.6. The van der Waals surface area contributed by atoms with Gasteiger partial charge in [0.15, 0.2) is 0 Å². The van der Waals surface area contributed by atoms with E-state index in [1.54, 1.807) is 30.0 Å². The van der Waals surface area contributed by atoms with Crippen LogP contribution in [0.2, 0.25) is 10.0 Å². The van der Waals surface area contributed by atoms with Gasteiger partial charge in [-0.25, -0.2) is 4.79 Å². The SMILES string of the molecule is COC(=O)[C@@H](CCSC)NC(=O)Cc1ccccc1Nc1c(Cl)cccc1Cl. The third-order valence-corrected chi connectivity index (χ3v) is 5.30. The lowest BCUT2D eigenvalue weighted by molar-refractivity contribution is -0.145. The number of para-hydroxylation sites is 2. The topological polar surface area (TPSA) is 67.4 Å². The number of anilines is 2. The molecule has 2 aromatic carbocycles. The minimum absolute atomic E-state index is 0.0952. The van der Waals surface area contributed by atoms with E-state index in [-0.39, 0.29) is 12.3 Å². The smallest absolute Gasteiger partial charge is 0.328 e. The van der Waals surface area contributed by atoms with Crippen molar-refractivity contribution in [3.8, 4) is 0 Å². The van der Waals surface area contributed by atoms with Crippen LogP contribution in [0.3, 0.4) is 0 Å². The molecule has 0 saturated carbocycles. The third-order valence-electron chi connectivity index (χ3n) is 4.02. The molecular formula is C20H22Cl2N2O3S. The summed E-state index contributed by atoms with van der Waals surface area (Å²) in [5.41, 5.74) is 2.04. The molecule has 2 N–H and O–H groups in total. The highest BCUT2D eigenvalue weighted by atomic mass is 35.5. The Morgan fingerprint density at radius 1 is 1.11 bits per heavy atom. The van der Waals surface area contributed by atoms with Gasteiger partial charge < -0.3 is 15.4 Å². The molecule has 1 amide bonds. The zero-order valence-electron chi connectivity index (χ0n) is 15.6. The Kier molecular flexibility index (Phi) is 8.96. The van der Waals surface area contributed by atoms with Gasteiger partial charge in [0.25, 0.3) is 0 Å². The summed E-state index contributed by atoms with van der Waals surface area (Å²) in [6, 6.07) is 11.9. The minimum atomic E-state index is -0.664. The summed E-state index contributed by atoms with van der Waals surface area (Å²) in [6.07, 6.45) is 2.55. The molecule has 0 spiro atoms. The molecule has 0 fully saturated rings. The van der Waals surface area contributed by atoms with Gasteiger partial charge in [0, 0.05) is 5.69 Å². The van der Waals surface area contributed by atoms with E-state index in [0.717, 1.165) is 11.3 Å². The van der Waals surface area contributed by atoms with E-state index in [4.69, 9.17) is 27.9 Å². The summed E-state index contributed by atoms with van der Waals surface area (Å²) in [6.45, 7) is 0. The maximum Gasteiger partial charge on any atom is 0.328 e. The summed E-state index contributed by atoms with van der Waals surface area (Å²) in [5, 5.41) is 6.92. The van der Waals surface area contributed by atoms with Crippen LogP contribution in [0, 0.1) is 0 Å². The molecule has 0 aliphatic heterocycles. The van der Waals surface area contributed by atoms with Gasteiger partial charge in [-0.1, -0.05) is 47.5 Å². The van der Waals surface area contributed by atoms with Crippen molar-refractivity contribution < 1.29 is 14.3 Å². The first-order valence-electron chi connectivity index (χ1n) is 8.61. The molecule has 8 heteroatoms. The van der Waals surface area contributed by atoms with E-state index >= 15 is 0 Å². The summed E-state index contributed by atoms with van der Waals surface area (Å²) in [4.78, 5) is 24.4. The Hall–Kier alpha value is -1.89. The molecule has 2 rings (SSSR count). The van der Waals surface area contributed by atoms with E-state index in [0.29, 0.717) is 27.8 Å². The van der Waals surface area contributed by atoms with Crippen LogP contribution in [0.1, 0.15) is 12.0 Å². The fourth-order valence-electron chi connectivity index (χ4n) is 2.59. The molecule has 1 atom stereocenters. The van der Waals surface area contributed by atoms with Gasteiger partial charge in [-0.3, -0.25) is 4.79 Å². The van der Waals surface area contributed by atoms with E-state index in [2.05, 4.69) is 10.6 Å². The predicted molar refractivity (Wildman–Crippen MR) is 117 cm³/mol. The second-order valence-electron chi connectivity index (χ2n) is 5.98. The van der Waals surface area contributed by atoms with Crippen molar-refractivity contribution in [1.29, 1.82) is 0 Å². The second-order valence-corrected chi connectivity index (χ2v) is 7.78. The number of carbonyl (C=O) groups is 2. The number of esters is 1. The number of amides is 1.